The van der Waals surface area contributed by atoms with Crippen LogP contribution in [0.3, 0.4) is 0 Å². The van der Waals surface area contributed by atoms with Gasteiger partial charge in [-0.1, -0.05) is 141 Å². The molecule has 0 aliphatic carbocycles. The van der Waals surface area contributed by atoms with E-state index in [0.717, 1.165) is 12.8 Å². The molecule has 0 saturated carbocycles. The van der Waals surface area contributed by atoms with Crippen molar-refractivity contribution in [2.24, 2.45) is 0 Å². The summed E-state index contributed by atoms with van der Waals surface area (Å²) in [6.45, 7) is 4.83. The first-order valence-electron chi connectivity index (χ1n) is 16.9. The Balaban J connectivity index is 3.44. The second-order valence-corrected chi connectivity index (χ2v) is 11.4. The van der Waals surface area contributed by atoms with E-state index in [1.165, 1.54) is 166 Å². The highest BCUT2D eigenvalue weighted by molar-refractivity contribution is 5.01. The molecular weight excluding hydrogens is 448 g/mol. The number of hydrogen-bond acceptors (Lipinski definition) is 1. The van der Waals surface area contributed by atoms with Gasteiger partial charge >= 0.3 is 0 Å². The van der Waals surface area contributed by atoms with E-state index >= 15 is 0 Å². The van der Waals surface area contributed by atoms with Gasteiger partial charge < -0.3 is 5.11 Å². The van der Waals surface area contributed by atoms with Crippen LogP contribution in [-0.4, -0.2) is 11.7 Å². The third kappa shape index (κ3) is 31.3. The van der Waals surface area contributed by atoms with Gasteiger partial charge in [-0.25, -0.2) is 0 Å². The number of hydrogen-bond donors (Lipinski definition) is 1. The van der Waals surface area contributed by atoms with Gasteiger partial charge in [0.05, 0.1) is 6.61 Å². The van der Waals surface area contributed by atoms with Crippen LogP contribution in [0.4, 0.5) is 0 Å². The molecule has 1 nitrogen and oxygen atoms in total. The smallest absolute Gasteiger partial charge is 0.0641 e. The van der Waals surface area contributed by atoms with Crippen molar-refractivity contribution in [3.8, 4) is 0 Å². The van der Waals surface area contributed by atoms with Crippen molar-refractivity contribution < 1.29 is 5.11 Å². The summed E-state index contributed by atoms with van der Waals surface area (Å²) >= 11 is 0. The third-order valence-electron chi connectivity index (χ3n) is 7.61. The van der Waals surface area contributed by atoms with E-state index in [4.69, 9.17) is 0 Å². The van der Waals surface area contributed by atoms with Gasteiger partial charge in [0.15, 0.2) is 0 Å². The van der Waals surface area contributed by atoms with Crippen LogP contribution in [0.1, 0.15) is 187 Å². The van der Waals surface area contributed by atoms with Crippen molar-refractivity contribution in [2.45, 2.75) is 187 Å². The summed E-state index contributed by atoms with van der Waals surface area (Å²) in [5.74, 6) is 0. The second-order valence-electron chi connectivity index (χ2n) is 11.4. The molecule has 0 fully saturated rings. The summed E-state index contributed by atoms with van der Waals surface area (Å²) in [7, 11) is 0. The largest absolute Gasteiger partial charge is 0.392 e. The lowest BCUT2D eigenvalue weighted by Crippen LogP contribution is -1.92. The monoisotopic (exact) mass is 517 g/mol. The Morgan fingerprint density at radius 1 is 0.405 bits per heavy atom. The van der Waals surface area contributed by atoms with Crippen LogP contribution in [-0.2, 0) is 0 Å². The molecule has 1 N–H and O–H groups in total. The van der Waals surface area contributed by atoms with E-state index < -0.39 is 0 Å². The van der Waals surface area contributed by atoms with Crippen molar-refractivity contribution >= 4 is 0 Å². The number of rotatable bonds is 30. The Morgan fingerprint density at radius 2 is 0.730 bits per heavy atom. The normalized spacial score (nSPS) is 12.5. The number of unbranched alkanes of at least 4 members (excludes halogenated alkanes) is 22. The predicted octanol–water partition coefficient (Wildman–Crippen LogP) is 12.6. The van der Waals surface area contributed by atoms with Crippen molar-refractivity contribution in [2.75, 3.05) is 6.61 Å². The summed E-state index contributed by atoms with van der Waals surface area (Å²) in [5.41, 5.74) is 1.27. The zero-order chi connectivity index (χ0) is 26.9. The Bertz CT molecular complexity index is 501. The highest BCUT2D eigenvalue weighted by Crippen LogP contribution is 2.15. The summed E-state index contributed by atoms with van der Waals surface area (Å²) in [6, 6.07) is 0. The van der Waals surface area contributed by atoms with Gasteiger partial charge in [0, 0.05) is 0 Å². The highest BCUT2D eigenvalue weighted by atomic mass is 16.3. The molecular formula is C36H68O. The van der Waals surface area contributed by atoms with Crippen molar-refractivity contribution in [3.05, 3.63) is 36.0 Å². The Morgan fingerprint density at radius 3 is 1.11 bits per heavy atom. The van der Waals surface area contributed by atoms with Crippen LogP contribution < -0.4 is 0 Å². The minimum Gasteiger partial charge on any atom is -0.392 e. The molecule has 0 amide bonds. The number of aliphatic hydroxyl groups excluding tert-OH is 1. The molecule has 0 saturated heterocycles. The minimum atomic E-state index is 0.256. The maximum Gasteiger partial charge on any atom is 0.0641 e. The van der Waals surface area contributed by atoms with E-state index in [2.05, 4.69) is 44.2 Å². The van der Waals surface area contributed by atoms with E-state index in [-0.39, 0.29) is 6.61 Å². The van der Waals surface area contributed by atoms with Crippen molar-refractivity contribution in [1.29, 1.82) is 0 Å². The van der Waals surface area contributed by atoms with Gasteiger partial charge in [-0.15, -0.1) is 0 Å². The first kappa shape index (κ1) is 36.2. The van der Waals surface area contributed by atoms with Gasteiger partial charge in [0.2, 0.25) is 0 Å². The van der Waals surface area contributed by atoms with Gasteiger partial charge in [-0.05, 0) is 82.6 Å². The summed E-state index contributed by atoms with van der Waals surface area (Å²) < 4.78 is 0. The lowest BCUT2D eigenvalue weighted by atomic mass is 10.0. The van der Waals surface area contributed by atoms with Crippen LogP contribution in [0.5, 0.6) is 0 Å². The second kappa shape index (κ2) is 33.2. The van der Waals surface area contributed by atoms with Crippen molar-refractivity contribution in [1.82, 2.24) is 0 Å². The highest BCUT2D eigenvalue weighted by Gasteiger charge is 1.97. The topological polar surface area (TPSA) is 20.2 Å². The van der Waals surface area contributed by atoms with Gasteiger partial charge in [0.25, 0.3) is 0 Å². The molecule has 37 heavy (non-hydrogen) atoms. The average molecular weight is 517 g/mol. The molecule has 0 radical (unpaired) electrons. The molecule has 218 valence electrons. The third-order valence-corrected chi connectivity index (χ3v) is 7.61. The van der Waals surface area contributed by atoms with E-state index in [0.29, 0.717) is 0 Å². The van der Waals surface area contributed by atoms with E-state index in [1.807, 2.05) is 0 Å². The van der Waals surface area contributed by atoms with Crippen LogP contribution in [0.2, 0.25) is 0 Å². The lowest BCUT2D eigenvalue weighted by Gasteiger charge is -2.05. The molecule has 0 aromatic rings. The molecule has 0 rings (SSSR count). The van der Waals surface area contributed by atoms with Gasteiger partial charge in [-0.3, -0.25) is 0 Å². The fourth-order valence-electron chi connectivity index (χ4n) is 5.01. The standard InChI is InChI=1S/C36H68O/c1-3-5-7-9-11-13-15-17-19-20-22-24-26-28-30-32-34-36(35-37)33-31-29-27-25-23-21-18-16-14-12-10-8-6-4-2/h17-19,21,34,37H,3-16,20,22-33,35H2,1-2H3. The molecule has 0 spiro atoms. The van der Waals surface area contributed by atoms with Gasteiger partial charge in [-0.2, -0.15) is 0 Å². The fourth-order valence-corrected chi connectivity index (χ4v) is 5.01. The number of allylic oxidation sites excluding steroid dienone is 5. The first-order chi connectivity index (χ1) is 18.3. The Labute approximate surface area is 234 Å². The molecule has 0 aliphatic heterocycles. The maximum absolute atomic E-state index is 9.67. The quantitative estimate of drug-likeness (QED) is 0.0743. The van der Waals surface area contributed by atoms with Crippen molar-refractivity contribution in [3.63, 3.8) is 0 Å². The molecule has 0 aromatic heterocycles. The molecule has 0 aromatic carbocycles. The summed E-state index contributed by atoms with van der Waals surface area (Å²) in [6.07, 6.45) is 47.9. The van der Waals surface area contributed by atoms with Crippen LogP contribution in [0, 0.1) is 0 Å². The predicted molar refractivity (Wildman–Crippen MR) is 169 cm³/mol. The molecule has 0 heterocycles. The van der Waals surface area contributed by atoms with Crippen LogP contribution in [0.25, 0.3) is 0 Å². The maximum atomic E-state index is 9.67. The zero-order valence-electron chi connectivity index (χ0n) is 25.6. The molecule has 0 aliphatic rings. The molecule has 1 heteroatoms. The van der Waals surface area contributed by atoms with E-state index in [9.17, 15) is 5.11 Å². The minimum absolute atomic E-state index is 0.256. The molecule has 0 unspecified atom stereocenters. The Hall–Kier alpha value is -0.820. The van der Waals surface area contributed by atoms with Crippen LogP contribution in [0.15, 0.2) is 36.0 Å². The Kier molecular flexibility index (Phi) is 32.5. The zero-order valence-corrected chi connectivity index (χ0v) is 25.6. The average Bonchev–Trinajstić information content (AvgIpc) is 2.91. The SMILES string of the molecule is CCCCCCCCC=CCCCCCCCC=C(CO)CCCCCCC=CCCCCCCCC. The van der Waals surface area contributed by atoms with E-state index in [1.54, 1.807) is 0 Å². The molecule has 0 bridgehead atoms. The first-order valence-corrected chi connectivity index (χ1v) is 16.9. The fraction of sp³-hybridized carbons (Fsp3) is 0.833. The lowest BCUT2D eigenvalue weighted by molar-refractivity contribution is 0.324. The summed E-state index contributed by atoms with van der Waals surface area (Å²) in [4.78, 5) is 0. The summed E-state index contributed by atoms with van der Waals surface area (Å²) in [5, 5.41) is 9.67. The van der Waals surface area contributed by atoms with Gasteiger partial charge in [0.1, 0.15) is 0 Å². The number of aliphatic hydroxyl groups is 1. The van der Waals surface area contributed by atoms with Crippen LogP contribution >= 0.6 is 0 Å². The molecule has 0 atom stereocenters.